The molecule has 2 aromatic carbocycles. The van der Waals surface area contributed by atoms with Gasteiger partial charge >= 0.3 is 0 Å². The Labute approximate surface area is 188 Å². The van der Waals surface area contributed by atoms with Crippen molar-refractivity contribution in [1.29, 1.82) is 0 Å². The Kier molecular flexibility index (Phi) is 6.45. The average molecular weight is 453 g/mol. The minimum Gasteiger partial charge on any atom is -0.483 e. The van der Waals surface area contributed by atoms with Crippen molar-refractivity contribution in [2.45, 2.75) is 17.5 Å². The van der Waals surface area contributed by atoms with Gasteiger partial charge in [0, 0.05) is 19.8 Å². The molecule has 164 valence electrons. The molecule has 0 spiro atoms. The van der Waals surface area contributed by atoms with Gasteiger partial charge in [0.1, 0.15) is 12.4 Å². The van der Waals surface area contributed by atoms with Crippen molar-refractivity contribution in [2.24, 2.45) is 0 Å². The largest absolute Gasteiger partial charge is 0.483 e. The predicted molar refractivity (Wildman–Crippen MR) is 120 cm³/mol. The van der Waals surface area contributed by atoms with Gasteiger partial charge in [-0.05, 0) is 24.3 Å². The van der Waals surface area contributed by atoms with Gasteiger partial charge in [-0.15, -0.1) is 10.2 Å². The summed E-state index contributed by atoms with van der Waals surface area (Å²) >= 11 is 1.40. The van der Waals surface area contributed by atoms with Gasteiger partial charge in [-0.1, -0.05) is 42.1 Å². The zero-order valence-corrected chi connectivity index (χ0v) is 18.3. The average Bonchev–Trinajstić information content (AvgIpc) is 3.20. The summed E-state index contributed by atoms with van der Waals surface area (Å²) in [5.41, 5.74) is 6.68. The van der Waals surface area contributed by atoms with E-state index in [0.29, 0.717) is 28.5 Å². The van der Waals surface area contributed by atoms with Gasteiger partial charge in [-0.3, -0.25) is 4.57 Å². The highest BCUT2D eigenvalue weighted by Crippen LogP contribution is 2.26. The summed E-state index contributed by atoms with van der Waals surface area (Å²) in [5, 5.41) is 9.20. The summed E-state index contributed by atoms with van der Waals surface area (Å²) < 4.78 is 21.5. The number of nitrogens with two attached hydrogens (primary N) is 1. The lowest BCUT2D eigenvalue weighted by Crippen LogP contribution is -2.16. The molecule has 2 N–H and O–H groups in total. The number of halogens is 1. The monoisotopic (exact) mass is 452 g/mol. The number of thioether (sulfide) groups is 1. The van der Waals surface area contributed by atoms with E-state index in [1.54, 1.807) is 23.1 Å². The highest BCUT2D eigenvalue weighted by molar-refractivity contribution is 7.98. The number of benzene rings is 2. The van der Waals surface area contributed by atoms with Crippen molar-refractivity contribution in [1.82, 2.24) is 29.7 Å². The third-order valence-corrected chi connectivity index (χ3v) is 5.25. The van der Waals surface area contributed by atoms with Gasteiger partial charge in [0.25, 0.3) is 0 Å². The van der Waals surface area contributed by atoms with Crippen molar-refractivity contribution in [3.63, 3.8) is 0 Å². The van der Waals surface area contributed by atoms with Crippen LogP contribution >= 0.6 is 11.8 Å². The first-order chi connectivity index (χ1) is 15.5. The fourth-order valence-corrected chi connectivity index (χ4v) is 3.67. The van der Waals surface area contributed by atoms with Crippen LogP contribution in [-0.2, 0) is 12.4 Å². The van der Waals surface area contributed by atoms with E-state index in [-0.39, 0.29) is 18.3 Å². The first kappa shape index (κ1) is 21.5. The Morgan fingerprint density at radius 1 is 1.00 bits per heavy atom. The van der Waals surface area contributed by atoms with Crippen LogP contribution in [0.4, 0.5) is 16.3 Å². The highest BCUT2D eigenvalue weighted by atomic mass is 32.2. The summed E-state index contributed by atoms with van der Waals surface area (Å²) in [7, 11) is 3.67. The van der Waals surface area contributed by atoms with E-state index in [1.165, 1.54) is 17.8 Å². The first-order valence-electron chi connectivity index (χ1n) is 9.69. The van der Waals surface area contributed by atoms with Crippen LogP contribution < -0.4 is 15.4 Å². The molecular formula is C21H21FN8OS. The lowest BCUT2D eigenvalue weighted by atomic mass is 10.3. The topological polar surface area (TPSA) is 108 Å². The quantitative estimate of drug-likeness (QED) is 0.403. The molecule has 4 rings (SSSR count). The normalized spacial score (nSPS) is 10.8. The number of rotatable bonds is 8. The SMILES string of the molecule is CN(C)c1nc(N)nc(CSc2nnc(COc3ccccc3F)n2-c2ccccc2)n1. The fourth-order valence-electron chi connectivity index (χ4n) is 2.85. The number of nitrogens with zero attached hydrogens (tertiary/aromatic N) is 7. The molecule has 0 saturated carbocycles. The fraction of sp³-hybridized carbons (Fsp3) is 0.190. The van der Waals surface area contributed by atoms with Gasteiger partial charge in [0.2, 0.25) is 11.9 Å². The van der Waals surface area contributed by atoms with E-state index < -0.39 is 5.82 Å². The number of hydrogen-bond acceptors (Lipinski definition) is 9. The van der Waals surface area contributed by atoms with Crippen molar-refractivity contribution in [3.8, 4) is 11.4 Å². The lowest BCUT2D eigenvalue weighted by Gasteiger charge is -2.12. The maximum Gasteiger partial charge on any atom is 0.229 e. The second-order valence-corrected chi connectivity index (χ2v) is 7.82. The number of ether oxygens (including phenoxy) is 1. The molecule has 0 saturated heterocycles. The third-order valence-electron chi connectivity index (χ3n) is 4.33. The molecule has 0 aliphatic heterocycles. The van der Waals surface area contributed by atoms with Crippen LogP contribution in [-0.4, -0.2) is 43.8 Å². The minimum absolute atomic E-state index is 0.0485. The van der Waals surface area contributed by atoms with Crippen molar-refractivity contribution in [2.75, 3.05) is 24.7 Å². The Morgan fingerprint density at radius 2 is 1.75 bits per heavy atom. The molecule has 0 fully saturated rings. The molecule has 4 aromatic rings. The standard InChI is InChI=1S/C21H21FN8OS/c1-29(2)20-25-17(24-19(23)26-20)13-32-21-28-27-18(30(21)14-8-4-3-5-9-14)12-31-16-11-7-6-10-15(16)22/h3-11H,12-13H2,1-2H3,(H2,23,24,25,26). The Morgan fingerprint density at radius 3 is 2.50 bits per heavy atom. The first-order valence-corrected chi connectivity index (χ1v) is 10.7. The van der Waals surface area contributed by atoms with Crippen LogP contribution in [0.15, 0.2) is 59.8 Å². The summed E-state index contributed by atoms with van der Waals surface area (Å²) in [6.45, 7) is 0.0485. The van der Waals surface area contributed by atoms with E-state index in [2.05, 4.69) is 25.1 Å². The maximum atomic E-state index is 13.9. The van der Waals surface area contributed by atoms with Crippen molar-refractivity contribution < 1.29 is 9.13 Å². The molecule has 0 aliphatic rings. The third kappa shape index (κ3) is 4.94. The summed E-state index contributed by atoms with van der Waals surface area (Å²) in [4.78, 5) is 14.5. The van der Waals surface area contributed by atoms with E-state index >= 15 is 0 Å². The number of aromatic nitrogens is 6. The molecular weight excluding hydrogens is 431 g/mol. The Hall–Kier alpha value is -3.73. The molecule has 2 heterocycles. The molecule has 0 amide bonds. The molecule has 32 heavy (non-hydrogen) atoms. The predicted octanol–water partition coefficient (Wildman–Crippen LogP) is 3.11. The molecule has 0 atom stereocenters. The van der Waals surface area contributed by atoms with Crippen LogP contribution in [0.25, 0.3) is 5.69 Å². The highest BCUT2D eigenvalue weighted by Gasteiger charge is 2.17. The molecule has 0 aliphatic carbocycles. The molecule has 11 heteroatoms. The molecule has 2 aromatic heterocycles. The zero-order valence-electron chi connectivity index (χ0n) is 17.5. The van der Waals surface area contributed by atoms with E-state index in [4.69, 9.17) is 10.5 Å². The van der Waals surface area contributed by atoms with Gasteiger partial charge in [0.15, 0.2) is 22.5 Å². The van der Waals surface area contributed by atoms with Gasteiger partial charge < -0.3 is 15.4 Å². The number of hydrogen-bond donors (Lipinski definition) is 1. The smallest absolute Gasteiger partial charge is 0.229 e. The van der Waals surface area contributed by atoms with Crippen LogP contribution in [0.1, 0.15) is 11.6 Å². The summed E-state index contributed by atoms with van der Waals surface area (Å²) in [6, 6.07) is 15.9. The van der Waals surface area contributed by atoms with E-state index in [1.807, 2.05) is 49.0 Å². The second kappa shape index (κ2) is 9.60. The van der Waals surface area contributed by atoms with Gasteiger partial charge in [-0.25, -0.2) is 4.39 Å². The van der Waals surface area contributed by atoms with E-state index in [9.17, 15) is 4.39 Å². The van der Waals surface area contributed by atoms with E-state index in [0.717, 1.165) is 5.69 Å². The lowest BCUT2D eigenvalue weighted by molar-refractivity contribution is 0.278. The number of para-hydroxylation sites is 2. The van der Waals surface area contributed by atoms with Gasteiger partial charge in [-0.2, -0.15) is 15.0 Å². The Balaban J connectivity index is 1.59. The summed E-state index contributed by atoms with van der Waals surface area (Å²) in [6.07, 6.45) is 0. The van der Waals surface area contributed by atoms with Crippen LogP contribution in [0.2, 0.25) is 0 Å². The van der Waals surface area contributed by atoms with Crippen LogP contribution in [0, 0.1) is 5.82 Å². The maximum absolute atomic E-state index is 13.9. The van der Waals surface area contributed by atoms with Gasteiger partial charge in [0.05, 0.1) is 5.75 Å². The Bertz CT molecular complexity index is 1200. The van der Waals surface area contributed by atoms with Crippen LogP contribution in [0.5, 0.6) is 5.75 Å². The zero-order chi connectivity index (χ0) is 22.5. The van der Waals surface area contributed by atoms with Crippen LogP contribution in [0.3, 0.4) is 0 Å². The second-order valence-electron chi connectivity index (χ2n) is 6.88. The molecule has 9 nitrogen and oxygen atoms in total. The van der Waals surface area contributed by atoms with Crippen molar-refractivity contribution >= 4 is 23.7 Å². The number of nitrogen functional groups attached to an aromatic ring is 1. The molecule has 0 radical (unpaired) electrons. The summed E-state index contributed by atoms with van der Waals surface area (Å²) in [5.74, 6) is 1.83. The number of anilines is 2. The molecule has 0 bridgehead atoms. The minimum atomic E-state index is -0.433. The van der Waals surface area contributed by atoms with Crippen molar-refractivity contribution in [3.05, 3.63) is 72.1 Å². The molecule has 0 unspecified atom stereocenters.